The van der Waals surface area contributed by atoms with E-state index in [4.69, 9.17) is 9.72 Å². The number of carbonyl (C=O) groups excluding carboxylic acids is 1. The van der Waals surface area contributed by atoms with Crippen LogP contribution in [0.1, 0.15) is 60.8 Å². The highest BCUT2D eigenvalue weighted by molar-refractivity contribution is 5.94. The molecule has 1 amide bonds. The summed E-state index contributed by atoms with van der Waals surface area (Å²) in [5.41, 5.74) is 4.20. The molecule has 182 valence electrons. The fourth-order valence-electron chi connectivity index (χ4n) is 4.25. The van der Waals surface area contributed by atoms with Crippen molar-refractivity contribution in [2.45, 2.75) is 52.0 Å². The fourth-order valence-corrected chi connectivity index (χ4v) is 4.25. The molecule has 5 heteroatoms. The van der Waals surface area contributed by atoms with Crippen molar-refractivity contribution in [2.24, 2.45) is 0 Å². The Balaban J connectivity index is 1.30. The van der Waals surface area contributed by atoms with Crippen molar-refractivity contribution < 1.29 is 9.53 Å². The van der Waals surface area contributed by atoms with Gasteiger partial charge in [-0.15, -0.1) is 0 Å². The number of aryl methyl sites for hydroxylation is 2. The Kier molecular flexibility index (Phi) is 8.55. The first-order valence-electron chi connectivity index (χ1n) is 12.7. The molecule has 0 bridgehead atoms. The van der Waals surface area contributed by atoms with Gasteiger partial charge in [0.15, 0.2) is 0 Å². The van der Waals surface area contributed by atoms with Crippen LogP contribution in [0.15, 0.2) is 78.9 Å². The number of nitrogens with one attached hydrogen (secondary N) is 1. The van der Waals surface area contributed by atoms with E-state index in [1.54, 1.807) is 0 Å². The maximum Gasteiger partial charge on any atom is 0.251 e. The molecule has 3 aromatic carbocycles. The van der Waals surface area contributed by atoms with Crippen LogP contribution in [0.25, 0.3) is 11.0 Å². The number of ether oxygens (including phenoxy) is 1. The molecule has 1 heterocycles. The molecular weight excluding hydrogens is 434 g/mol. The van der Waals surface area contributed by atoms with Crippen molar-refractivity contribution in [3.8, 4) is 5.75 Å². The molecule has 1 atom stereocenters. The monoisotopic (exact) mass is 469 g/mol. The second-order valence-corrected chi connectivity index (χ2v) is 8.97. The minimum absolute atomic E-state index is 0.0339. The zero-order valence-corrected chi connectivity index (χ0v) is 20.7. The zero-order valence-electron chi connectivity index (χ0n) is 20.7. The van der Waals surface area contributed by atoms with E-state index in [-0.39, 0.29) is 5.91 Å². The van der Waals surface area contributed by atoms with Gasteiger partial charge in [-0.05, 0) is 67.1 Å². The third kappa shape index (κ3) is 6.50. The molecule has 0 saturated carbocycles. The SMILES string of the molecule is CCC(C)c1ccc(OCCCn2c(CCCNC(=O)c3ccccc3)nc3ccccc32)cc1. The van der Waals surface area contributed by atoms with Gasteiger partial charge in [-0.2, -0.15) is 0 Å². The largest absolute Gasteiger partial charge is 0.494 e. The van der Waals surface area contributed by atoms with Crippen LogP contribution in [0.4, 0.5) is 0 Å². The summed E-state index contributed by atoms with van der Waals surface area (Å²) in [6.07, 6.45) is 3.68. The lowest BCUT2D eigenvalue weighted by atomic mass is 9.99. The molecule has 5 nitrogen and oxygen atoms in total. The van der Waals surface area contributed by atoms with Crippen molar-refractivity contribution in [1.82, 2.24) is 14.9 Å². The molecule has 0 aliphatic carbocycles. The van der Waals surface area contributed by atoms with Crippen LogP contribution < -0.4 is 10.1 Å². The van der Waals surface area contributed by atoms with Crippen LogP contribution in [0.5, 0.6) is 5.75 Å². The molecule has 0 fully saturated rings. The predicted octanol–water partition coefficient (Wildman–Crippen LogP) is 6.38. The summed E-state index contributed by atoms with van der Waals surface area (Å²) in [6, 6.07) is 26.1. The van der Waals surface area contributed by atoms with Gasteiger partial charge >= 0.3 is 0 Å². The maximum absolute atomic E-state index is 12.3. The van der Waals surface area contributed by atoms with Crippen molar-refractivity contribution in [3.63, 3.8) is 0 Å². The van der Waals surface area contributed by atoms with Crippen LogP contribution in [0.2, 0.25) is 0 Å². The number of para-hydroxylation sites is 2. The van der Waals surface area contributed by atoms with Crippen molar-refractivity contribution in [3.05, 3.63) is 95.8 Å². The molecule has 0 saturated heterocycles. The quantitative estimate of drug-likeness (QED) is 0.245. The summed E-state index contributed by atoms with van der Waals surface area (Å²) in [7, 11) is 0. The number of hydrogen-bond acceptors (Lipinski definition) is 3. The van der Waals surface area contributed by atoms with E-state index in [0.717, 1.165) is 54.8 Å². The van der Waals surface area contributed by atoms with Gasteiger partial charge in [0.2, 0.25) is 0 Å². The summed E-state index contributed by atoms with van der Waals surface area (Å²) in [6.45, 7) is 6.58. The number of carbonyl (C=O) groups is 1. The standard InChI is InChI=1S/C30H35N3O2/c1-3-23(2)24-16-18-26(19-17-24)35-22-10-21-33-28-14-8-7-13-27(28)32-29(33)15-9-20-31-30(34)25-11-5-4-6-12-25/h4-8,11-14,16-19,23H,3,9-10,15,20-22H2,1-2H3,(H,31,34). The third-order valence-corrected chi connectivity index (χ3v) is 6.49. The van der Waals surface area contributed by atoms with Gasteiger partial charge in [-0.1, -0.05) is 56.3 Å². The number of benzene rings is 3. The summed E-state index contributed by atoms with van der Waals surface area (Å²) >= 11 is 0. The molecule has 1 aromatic heterocycles. The summed E-state index contributed by atoms with van der Waals surface area (Å²) < 4.78 is 8.31. The number of imidazole rings is 1. The third-order valence-electron chi connectivity index (χ3n) is 6.49. The molecular formula is C30H35N3O2. The number of hydrogen-bond donors (Lipinski definition) is 1. The fraction of sp³-hybridized carbons (Fsp3) is 0.333. The Labute approximate surface area is 208 Å². The van der Waals surface area contributed by atoms with Crippen LogP contribution in [-0.4, -0.2) is 28.6 Å². The number of aromatic nitrogens is 2. The Morgan fingerprint density at radius 3 is 2.49 bits per heavy atom. The average Bonchev–Trinajstić information content (AvgIpc) is 3.26. The number of amides is 1. The lowest BCUT2D eigenvalue weighted by Gasteiger charge is -2.12. The molecule has 0 spiro atoms. The number of fused-ring (bicyclic) bond motifs is 1. The lowest BCUT2D eigenvalue weighted by molar-refractivity contribution is 0.0953. The smallest absolute Gasteiger partial charge is 0.251 e. The molecule has 0 aliphatic heterocycles. The van der Waals surface area contributed by atoms with Crippen LogP contribution >= 0.6 is 0 Å². The topological polar surface area (TPSA) is 56.1 Å². The molecule has 1 unspecified atom stereocenters. The lowest BCUT2D eigenvalue weighted by Crippen LogP contribution is -2.24. The van der Waals surface area contributed by atoms with Gasteiger partial charge in [0.25, 0.3) is 5.91 Å². The van der Waals surface area contributed by atoms with Gasteiger partial charge < -0.3 is 14.6 Å². The average molecular weight is 470 g/mol. The number of nitrogens with zero attached hydrogens (tertiary/aromatic N) is 2. The van der Waals surface area contributed by atoms with Crippen molar-refractivity contribution in [2.75, 3.05) is 13.2 Å². The maximum atomic E-state index is 12.3. The highest BCUT2D eigenvalue weighted by Crippen LogP contribution is 2.22. The summed E-state index contributed by atoms with van der Waals surface area (Å²) in [4.78, 5) is 17.1. The van der Waals surface area contributed by atoms with Crippen molar-refractivity contribution in [1.29, 1.82) is 0 Å². The second-order valence-electron chi connectivity index (χ2n) is 8.97. The Bertz CT molecular complexity index is 1220. The van der Waals surface area contributed by atoms with Gasteiger partial charge in [-0.25, -0.2) is 4.98 Å². The van der Waals surface area contributed by atoms with E-state index in [9.17, 15) is 4.79 Å². The molecule has 1 N–H and O–H groups in total. The highest BCUT2D eigenvalue weighted by Gasteiger charge is 2.11. The second kappa shape index (κ2) is 12.2. The first-order chi connectivity index (χ1) is 17.2. The zero-order chi connectivity index (χ0) is 24.5. The normalized spacial score (nSPS) is 11.9. The minimum Gasteiger partial charge on any atom is -0.494 e. The van der Waals surface area contributed by atoms with E-state index in [2.05, 4.69) is 66.2 Å². The highest BCUT2D eigenvalue weighted by atomic mass is 16.5. The van der Waals surface area contributed by atoms with Gasteiger partial charge in [0.1, 0.15) is 11.6 Å². The van der Waals surface area contributed by atoms with E-state index >= 15 is 0 Å². The molecule has 4 rings (SSSR count). The Hall–Kier alpha value is -3.60. The minimum atomic E-state index is -0.0339. The van der Waals surface area contributed by atoms with E-state index in [1.165, 1.54) is 5.56 Å². The first-order valence-corrected chi connectivity index (χ1v) is 12.7. The van der Waals surface area contributed by atoms with Crippen molar-refractivity contribution >= 4 is 16.9 Å². The van der Waals surface area contributed by atoms with Crippen LogP contribution in [-0.2, 0) is 13.0 Å². The Morgan fingerprint density at radius 2 is 1.71 bits per heavy atom. The predicted molar refractivity (Wildman–Crippen MR) is 142 cm³/mol. The van der Waals surface area contributed by atoms with Gasteiger partial charge in [0.05, 0.1) is 17.6 Å². The summed E-state index contributed by atoms with van der Waals surface area (Å²) in [5.74, 6) is 2.51. The van der Waals surface area contributed by atoms with E-state index in [1.807, 2.05) is 36.4 Å². The molecule has 35 heavy (non-hydrogen) atoms. The molecule has 0 aliphatic rings. The molecule has 4 aromatic rings. The van der Waals surface area contributed by atoms with Gasteiger partial charge in [0, 0.05) is 25.1 Å². The molecule has 0 radical (unpaired) electrons. The number of rotatable bonds is 12. The van der Waals surface area contributed by atoms with Gasteiger partial charge in [-0.3, -0.25) is 4.79 Å². The van der Waals surface area contributed by atoms with Crippen LogP contribution in [0, 0.1) is 0 Å². The van der Waals surface area contributed by atoms with Crippen LogP contribution in [0.3, 0.4) is 0 Å². The van der Waals surface area contributed by atoms with E-state index < -0.39 is 0 Å². The van der Waals surface area contributed by atoms with E-state index in [0.29, 0.717) is 24.6 Å². The summed E-state index contributed by atoms with van der Waals surface area (Å²) in [5, 5.41) is 3.01. The Morgan fingerprint density at radius 1 is 0.971 bits per heavy atom. The first kappa shape index (κ1) is 24.5.